The molecular weight excluding hydrogens is 292 g/mol. The summed E-state index contributed by atoms with van der Waals surface area (Å²) in [5, 5.41) is 5.98. The molecule has 1 fully saturated rings. The standard InChI is InChI=1S/C14H20N2O4S/c1-21(18,19)13-4-2-11(3-5-13)9-16-14(17)8-12-10-15-6-7-20-12/h2-5,12,15H,6-10H2,1H3,(H,16,17). The van der Waals surface area contributed by atoms with Gasteiger partial charge in [0.2, 0.25) is 5.91 Å². The van der Waals surface area contributed by atoms with Gasteiger partial charge in [0.05, 0.1) is 24.0 Å². The smallest absolute Gasteiger partial charge is 0.222 e. The zero-order valence-corrected chi connectivity index (χ0v) is 12.8. The minimum absolute atomic E-state index is 0.0733. The van der Waals surface area contributed by atoms with Crippen molar-refractivity contribution in [3.63, 3.8) is 0 Å². The fourth-order valence-electron chi connectivity index (χ4n) is 2.08. The molecule has 0 bridgehead atoms. The lowest BCUT2D eigenvalue weighted by molar-refractivity contribution is -0.124. The average Bonchev–Trinajstić information content (AvgIpc) is 2.46. The van der Waals surface area contributed by atoms with E-state index in [1.807, 2.05) is 0 Å². The minimum atomic E-state index is -3.18. The molecule has 2 rings (SSSR count). The second-order valence-corrected chi connectivity index (χ2v) is 7.11. The maximum atomic E-state index is 11.8. The Labute approximate surface area is 124 Å². The van der Waals surface area contributed by atoms with Crippen molar-refractivity contribution >= 4 is 15.7 Å². The van der Waals surface area contributed by atoms with Crippen LogP contribution in [0.5, 0.6) is 0 Å². The number of hydrogen-bond donors (Lipinski definition) is 2. The van der Waals surface area contributed by atoms with E-state index in [4.69, 9.17) is 4.74 Å². The van der Waals surface area contributed by atoms with Crippen LogP contribution in [0, 0.1) is 0 Å². The molecule has 0 saturated carbocycles. The first-order valence-corrected chi connectivity index (χ1v) is 8.72. The summed E-state index contributed by atoms with van der Waals surface area (Å²) in [5.41, 5.74) is 0.860. The molecule has 6 nitrogen and oxygen atoms in total. The lowest BCUT2D eigenvalue weighted by atomic mass is 10.2. The number of nitrogens with one attached hydrogen (secondary N) is 2. The molecule has 2 N–H and O–H groups in total. The predicted octanol–water partition coefficient (Wildman–Crippen LogP) is 0.0848. The second-order valence-electron chi connectivity index (χ2n) is 5.09. The highest BCUT2D eigenvalue weighted by atomic mass is 32.2. The number of sulfone groups is 1. The molecule has 0 aliphatic carbocycles. The van der Waals surface area contributed by atoms with Crippen molar-refractivity contribution in [1.82, 2.24) is 10.6 Å². The number of benzene rings is 1. The van der Waals surface area contributed by atoms with Crippen molar-refractivity contribution < 1.29 is 17.9 Å². The summed E-state index contributed by atoms with van der Waals surface area (Å²) in [4.78, 5) is 12.1. The molecule has 116 valence electrons. The van der Waals surface area contributed by atoms with Gasteiger partial charge in [0.1, 0.15) is 0 Å². The van der Waals surface area contributed by atoms with Gasteiger partial charge >= 0.3 is 0 Å². The van der Waals surface area contributed by atoms with Gasteiger partial charge in [-0.1, -0.05) is 12.1 Å². The third-order valence-electron chi connectivity index (χ3n) is 3.26. The Morgan fingerprint density at radius 1 is 1.38 bits per heavy atom. The van der Waals surface area contributed by atoms with Gasteiger partial charge in [0.25, 0.3) is 0 Å². The van der Waals surface area contributed by atoms with E-state index >= 15 is 0 Å². The number of carbonyl (C=O) groups excluding carboxylic acids is 1. The predicted molar refractivity (Wildman–Crippen MR) is 78.6 cm³/mol. The van der Waals surface area contributed by atoms with Crippen LogP contribution in [0.3, 0.4) is 0 Å². The molecular formula is C14H20N2O4S. The van der Waals surface area contributed by atoms with Crippen molar-refractivity contribution in [2.75, 3.05) is 26.0 Å². The number of hydrogen-bond acceptors (Lipinski definition) is 5. The Morgan fingerprint density at radius 3 is 2.67 bits per heavy atom. The van der Waals surface area contributed by atoms with E-state index in [0.717, 1.165) is 12.1 Å². The first kappa shape index (κ1) is 15.9. The molecule has 0 spiro atoms. The van der Waals surface area contributed by atoms with E-state index in [1.165, 1.54) is 6.26 Å². The number of rotatable bonds is 5. The molecule has 1 atom stereocenters. The molecule has 0 radical (unpaired) electrons. The normalized spacial score (nSPS) is 19.2. The van der Waals surface area contributed by atoms with Crippen LogP contribution < -0.4 is 10.6 Å². The van der Waals surface area contributed by atoms with Gasteiger partial charge in [-0.3, -0.25) is 4.79 Å². The fraction of sp³-hybridized carbons (Fsp3) is 0.500. The van der Waals surface area contributed by atoms with Gasteiger partial charge < -0.3 is 15.4 Å². The van der Waals surface area contributed by atoms with E-state index in [2.05, 4.69) is 10.6 Å². The number of carbonyl (C=O) groups is 1. The molecule has 0 aromatic heterocycles. The Bertz CT molecular complexity index is 577. The van der Waals surface area contributed by atoms with Crippen LogP contribution in [-0.2, 0) is 25.9 Å². The van der Waals surface area contributed by atoms with Crippen molar-refractivity contribution in [1.29, 1.82) is 0 Å². The minimum Gasteiger partial charge on any atom is -0.375 e. The Kier molecular flexibility index (Phi) is 5.33. The summed E-state index contributed by atoms with van der Waals surface area (Å²) in [6.45, 7) is 2.52. The van der Waals surface area contributed by atoms with Gasteiger partial charge in [0.15, 0.2) is 9.84 Å². The topological polar surface area (TPSA) is 84.5 Å². The Morgan fingerprint density at radius 2 is 2.10 bits per heavy atom. The molecule has 1 aromatic rings. The van der Waals surface area contributed by atoms with Gasteiger partial charge in [-0.15, -0.1) is 0 Å². The van der Waals surface area contributed by atoms with Crippen molar-refractivity contribution in [3.8, 4) is 0 Å². The highest BCUT2D eigenvalue weighted by Gasteiger charge is 2.17. The lowest BCUT2D eigenvalue weighted by Crippen LogP contribution is -2.41. The van der Waals surface area contributed by atoms with Crippen molar-refractivity contribution in [2.45, 2.75) is 24.0 Å². The van der Waals surface area contributed by atoms with Crippen LogP contribution in [-0.4, -0.2) is 46.4 Å². The summed E-state index contributed by atoms with van der Waals surface area (Å²) < 4.78 is 28.1. The van der Waals surface area contributed by atoms with Crippen LogP contribution in [0.2, 0.25) is 0 Å². The highest BCUT2D eigenvalue weighted by Crippen LogP contribution is 2.10. The summed E-state index contributed by atoms with van der Waals surface area (Å²) in [5.74, 6) is -0.0733. The fourth-order valence-corrected chi connectivity index (χ4v) is 2.72. The van der Waals surface area contributed by atoms with Crippen LogP contribution >= 0.6 is 0 Å². The molecule has 1 amide bonds. The van der Waals surface area contributed by atoms with Crippen LogP contribution in [0.4, 0.5) is 0 Å². The quantitative estimate of drug-likeness (QED) is 0.805. The number of ether oxygens (including phenoxy) is 1. The molecule has 1 heterocycles. The largest absolute Gasteiger partial charge is 0.375 e. The van der Waals surface area contributed by atoms with Crippen molar-refractivity contribution in [2.24, 2.45) is 0 Å². The lowest BCUT2D eigenvalue weighted by Gasteiger charge is -2.23. The summed E-state index contributed by atoms with van der Waals surface area (Å²) in [6.07, 6.45) is 1.42. The second kappa shape index (κ2) is 7.02. The first-order chi connectivity index (χ1) is 9.95. The Hall–Kier alpha value is -1.44. The average molecular weight is 312 g/mol. The number of morpholine rings is 1. The highest BCUT2D eigenvalue weighted by molar-refractivity contribution is 7.90. The van der Waals surface area contributed by atoms with Gasteiger partial charge in [-0.25, -0.2) is 8.42 Å². The van der Waals surface area contributed by atoms with E-state index in [1.54, 1.807) is 24.3 Å². The van der Waals surface area contributed by atoms with Gasteiger partial charge in [-0.2, -0.15) is 0 Å². The molecule has 1 aliphatic heterocycles. The van der Waals surface area contributed by atoms with Crippen LogP contribution in [0.15, 0.2) is 29.2 Å². The van der Waals surface area contributed by atoms with E-state index in [-0.39, 0.29) is 16.9 Å². The summed E-state index contributed by atoms with van der Waals surface area (Å²) >= 11 is 0. The SMILES string of the molecule is CS(=O)(=O)c1ccc(CNC(=O)CC2CNCCO2)cc1. The third kappa shape index (κ3) is 5.11. The molecule has 1 aromatic carbocycles. The van der Waals surface area contributed by atoms with Gasteiger partial charge in [0, 0.05) is 25.9 Å². The Balaban J connectivity index is 1.81. The molecule has 1 saturated heterocycles. The molecule has 21 heavy (non-hydrogen) atoms. The van der Waals surface area contributed by atoms with E-state index in [0.29, 0.717) is 26.1 Å². The first-order valence-electron chi connectivity index (χ1n) is 6.83. The summed E-state index contributed by atoms with van der Waals surface area (Å²) in [6, 6.07) is 6.50. The maximum absolute atomic E-state index is 11.8. The molecule has 1 unspecified atom stereocenters. The molecule has 1 aliphatic rings. The number of amides is 1. The van der Waals surface area contributed by atoms with Crippen LogP contribution in [0.25, 0.3) is 0 Å². The monoisotopic (exact) mass is 312 g/mol. The zero-order valence-electron chi connectivity index (χ0n) is 12.0. The van der Waals surface area contributed by atoms with Gasteiger partial charge in [-0.05, 0) is 17.7 Å². The van der Waals surface area contributed by atoms with Crippen molar-refractivity contribution in [3.05, 3.63) is 29.8 Å². The maximum Gasteiger partial charge on any atom is 0.222 e. The van der Waals surface area contributed by atoms with Crippen LogP contribution in [0.1, 0.15) is 12.0 Å². The van der Waals surface area contributed by atoms with E-state index < -0.39 is 9.84 Å². The van der Waals surface area contributed by atoms with E-state index in [9.17, 15) is 13.2 Å². The zero-order chi connectivity index (χ0) is 15.3. The molecule has 7 heteroatoms. The third-order valence-corrected chi connectivity index (χ3v) is 4.39. The summed E-state index contributed by atoms with van der Waals surface area (Å²) in [7, 11) is -3.18.